The summed E-state index contributed by atoms with van der Waals surface area (Å²) in [5, 5.41) is 4.48. The standard InChI is InChI=1S/C15H14N4OS/c16-9-4-5-10-8(6-9)7-12(17-10)14(20)19-15-18-11-2-1-3-13(11)21-15/h4-7,17H,1-3,16H2,(H,18,19,20). The lowest BCUT2D eigenvalue weighted by molar-refractivity contribution is 0.102. The van der Waals surface area contributed by atoms with Crippen molar-refractivity contribution in [1.82, 2.24) is 9.97 Å². The molecule has 0 spiro atoms. The molecule has 0 bridgehead atoms. The average Bonchev–Trinajstić information content (AvgIpc) is 3.10. The number of hydrogen-bond acceptors (Lipinski definition) is 4. The molecule has 1 aliphatic rings. The SMILES string of the molecule is Nc1ccc2[nH]c(C(=O)Nc3nc4c(s3)CCC4)cc2c1. The lowest BCUT2D eigenvalue weighted by Gasteiger charge is -1.98. The van der Waals surface area contributed by atoms with Crippen molar-refractivity contribution in [1.29, 1.82) is 0 Å². The van der Waals surface area contributed by atoms with Crippen molar-refractivity contribution < 1.29 is 4.79 Å². The van der Waals surface area contributed by atoms with E-state index < -0.39 is 0 Å². The van der Waals surface area contributed by atoms with Crippen LogP contribution in [0.4, 0.5) is 10.8 Å². The fraction of sp³-hybridized carbons (Fsp3) is 0.200. The van der Waals surface area contributed by atoms with E-state index in [0.717, 1.165) is 29.4 Å². The number of aromatic amines is 1. The van der Waals surface area contributed by atoms with E-state index in [9.17, 15) is 4.79 Å². The van der Waals surface area contributed by atoms with E-state index >= 15 is 0 Å². The molecule has 1 amide bonds. The highest BCUT2D eigenvalue weighted by Gasteiger charge is 2.18. The molecule has 4 N–H and O–H groups in total. The Kier molecular flexibility index (Phi) is 2.71. The van der Waals surface area contributed by atoms with Gasteiger partial charge in [-0.2, -0.15) is 0 Å². The predicted molar refractivity (Wildman–Crippen MR) is 84.8 cm³/mol. The first-order chi connectivity index (χ1) is 10.2. The number of aromatic nitrogens is 2. The minimum absolute atomic E-state index is 0.169. The number of carbonyl (C=O) groups excluding carboxylic acids is 1. The van der Waals surface area contributed by atoms with E-state index in [1.54, 1.807) is 11.3 Å². The third kappa shape index (κ3) is 2.17. The van der Waals surface area contributed by atoms with Crippen molar-refractivity contribution in [3.05, 3.63) is 40.5 Å². The molecule has 6 heteroatoms. The number of carbonyl (C=O) groups is 1. The van der Waals surface area contributed by atoms with Crippen LogP contribution in [0.25, 0.3) is 10.9 Å². The molecule has 0 fully saturated rings. The lowest BCUT2D eigenvalue weighted by atomic mass is 10.2. The molecular formula is C15H14N4OS. The van der Waals surface area contributed by atoms with Gasteiger partial charge in [0.25, 0.3) is 5.91 Å². The van der Waals surface area contributed by atoms with Crippen molar-refractivity contribution in [2.24, 2.45) is 0 Å². The Morgan fingerprint density at radius 3 is 3.10 bits per heavy atom. The molecule has 2 aromatic heterocycles. The number of nitrogen functional groups attached to an aromatic ring is 1. The third-order valence-electron chi connectivity index (χ3n) is 3.71. The van der Waals surface area contributed by atoms with E-state index in [1.807, 2.05) is 24.3 Å². The van der Waals surface area contributed by atoms with Gasteiger partial charge in [0.2, 0.25) is 0 Å². The van der Waals surface area contributed by atoms with Crippen molar-refractivity contribution >= 4 is 39.0 Å². The number of amides is 1. The van der Waals surface area contributed by atoms with Crippen LogP contribution in [0, 0.1) is 0 Å². The van der Waals surface area contributed by atoms with Crippen LogP contribution in [-0.2, 0) is 12.8 Å². The number of fused-ring (bicyclic) bond motifs is 2. The summed E-state index contributed by atoms with van der Waals surface area (Å²) in [6.07, 6.45) is 3.27. The summed E-state index contributed by atoms with van der Waals surface area (Å²) < 4.78 is 0. The summed E-state index contributed by atoms with van der Waals surface area (Å²) >= 11 is 1.58. The molecular weight excluding hydrogens is 284 g/mol. The van der Waals surface area contributed by atoms with Crippen molar-refractivity contribution in [3.63, 3.8) is 0 Å². The average molecular weight is 298 g/mol. The van der Waals surface area contributed by atoms with Crippen LogP contribution in [0.1, 0.15) is 27.5 Å². The Labute approximate surface area is 125 Å². The second-order valence-corrected chi connectivity index (χ2v) is 6.31. The molecule has 0 radical (unpaired) electrons. The maximum Gasteiger partial charge on any atom is 0.273 e. The number of nitrogens with two attached hydrogens (primary N) is 1. The molecule has 3 aromatic rings. The van der Waals surface area contributed by atoms with Gasteiger partial charge in [-0.25, -0.2) is 4.98 Å². The largest absolute Gasteiger partial charge is 0.399 e. The van der Waals surface area contributed by atoms with Crippen LogP contribution in [-0.4, -0.2) is 15.9 Å². The Balaban J connectivity index is 1.60. The summed E-state index contributed by atoms with van der Waals surface area (Å²) in [6.45, 7) is 0. The Bertz CT molecular complexity index is 827. The maximum absolute atomic E-state index is 12.3. The number of anilines is 2. The van der Waals surface area contributed by atoms with E-state index in [1.165, 1.54) is 11.3 Å². The minimum Gasteiger partial charge on any atom is -0.399 e. The third-order valence-corrected chi connectivity index (χ3v) is 4.78. The van der Waals surface area contributed by atoms with Crippen LogP contribution >= 0.6 is 11.3 Å². The van der Waals surface area contributed by atoms with Crippen molar-refractivity contribution in [2.45, 2.75) is 19.3 Å². The Morgan fingerprint density at radius 2 is 2.24 bits per heavy atom. The number of benzene rings is 1. The molecule has 0 saturated carbocycles. The van der Waals surface area contributed by atoms with Gasteiger partial charge < -0.3 is 10.7 Å². The smallest absolute Gasteiger partial charge is 0.273 e. The first-order valence-electron chi connectivity index (χ1n) is 6.87. The molecule has 0 atom stereocenters. The summed E-state index contributed by atoms with van der Waals surface area (Å²) in [6, 6.07) is 7.34. The van der Waals surface area contributed by atoms with Gasteiger partial charge in [-0.05, 0) is 43.5 Å². The van der Waals surface area contributed by atoms with Gasteiger partial charge in [-0.15, -0.1) is 11.3 Å². The van der Waals surface area contributed by atoms with Gasteiger partial charge in [0, 0.05) is 21.5 Å². The molecule has 0 aliphatic heterocycles. The fourth-order valence-corrected chi connectivity index (χ4v) is 3.73. The fourth-order valence-electron chi connectivity index (χ4n) is 2.68. The second kappa shape index (κ2) is 4.60. The van der Waals surface area contributed by atoms with Gasteiger partial charge in [-0.3, -0.25) is 10.1 Å². The monoisotopic (exact) mass is 298 g/mol. The Morgan fingerprint density at radius 1 is 1.33 bits per heavy atom. The van der Waals surface area contributed by atoms with Crippen molar-refractivity contribution in [2.75, 3.05) is 11.1 Å². The molecule has 1 aliphatic carbocycles. The second-order valence-electron chi connectivity index (χ2n) is 5.23. The van der Waals surface area contributed by atoms with Gasteiger partial charge in [0.05, 0.1) is 5.69 Å². The van der Waals surface area contributed by atoms with Crippen LogP contribution in [0.2, 0.25) is 0 Å². The first-order valence-corrected chi connectivity index (χ1v) is 7.69. The lowest BCUT2D eigenvalue weighted by Crippen LogP contribution is -2.12. The first kappa shape index (κ1) is 12.4. The number of nitrogens with zero attached hydrogens (tertiary/aromatic N) is 1. The predicted octanol–water partition coefficient (Wildman–Crippen LogP) is 2.95. The highest BCUT2D eigenvalue weighted by molar-refractivity contribution is 7.15. The molecule has 5 nitrogen and oxygen atoms in total. The highest BCUT2D eigenvalue weighted by atomic mass is 32.1. The number of rotatable bonds is 2. The number of nitrogens with one attached hydrogen (secondary N) is 2. The zero-order valence-corrected chi connectivity index (χ0v) is 12.1. The van der Waals surface area contributed by atoms with Gasteiger partial charge >= 0.3 is 0 Å². The normalized spacial score (nSPS) is 13.5. The van der Waals surface area contributed by atoms with Crippen LogP contribution in [0.5, 0.6) is 0 Å². The van der Waals surface area contributed by atoms with Gasteiger partial charge in [-0.1, -0.05) is 0 Å². The summed E-state index contributed by atoms with van der Waals surface area (Å²) in [4.78, 5) is 21.2. The number of H-pyrrole nitrogens is 1. The van der Waals surface area contributed by atoms with E-state index in [4.69, 9.17) is 5.73 Å². The summed E-state index contributed by atoms with van der Waals surface area (Å²) in [5.41, 5.74) is 8.99. The zero-order valence-electron chi connectivity index (χ0n) is 11.3. The van der Waals surface area contributed by atoms with Crippen LogP contribution < -0.4 is 11.1 Å². The quantitative estimate of drug-likeness (QED) is 0.636. The number of thiazole rings is 1. The van der Waals surface area contributed by atoms with Crippen molar-refractivity contribution in [3.8, 4) is 0 Å². The van der Waals surface area contributed by atoms with Crippen LogP contribution in [0.15, 0.2) is 24.3 Å². The summed E-state index contributed by atoms with van der Waals surface area (Å²) in [7, 11) is 0. The molecule has 106 valence electrons. The topological polar surface area (TPSA) is 83.8 Å². The summed E-state index contributed by atoms with van der Waals surface area (Å²) in [5.74, 6) is -0.169. The maximum atomic E-state index is 12.3. The molecule has 1 aromatic carbocycles. The molecule has 0 saturated heterocycles. The molecule has 2 heterocycles. The molecule has 0 unspecified atom stereocenters. The highest BCUT2D eigenvalue weighted by Crippen LogP contribution is 2.30. The molecule has 4 rings (SSSR count). The van der Waals surface area contributed by atoms with Gasteiger partial charge in [0.1, 0.15) is 5.69 Å². The molecule has 21 heavy (non-hydrogen) atoms. The Hall–Kier alpha value is -2.34. The minimum atomic E-state index is -0.169. The number of aryl methyl sites for hydroxylation is 2. The van der Waals surface area contributed by atoms with E-state index in [-0.39, 0.29) is 5.91 Å². The zero-order chi connectivity index (χ0) is 14.4. The number of hydrogen-bond donors (Lipinski definition) is 3. The van der Waals surface area contributed by atoms with Crippen LogP contribution in [0.3, 0.4) is 0 Å². The van der Waals surface area contributed by atoms with Gasteiger partial charge in [0.15, 0.2) is 5.13 Å². The van der Waals surface area contributed by atoms with E-state index in [0.29, 0.717) is 16.5 Å². The van der Waals surface area contributed by atoms with E-state index in [2.05, 4.69) is 15.3 Å².